The number of hydrogen-bond acceptors (Lipinski definition) is 4. The zero-order valence-corrected chi connectivity index (χ0v) is 17.1. The molecule has 2 aromatic heterocycles. The molecule has 2 heterocycles. The van der Waals surface area contributed by atoms with E-state index in [4.69, 9.17) is 9.72 Å². The van der Waals surface area contributed by atoms with E-state index in [9.17, 15) is 4.79 Å². The van der Waals surface area contributed by atoms with Crippen LogP contribution in [0.25, 0.3) is 22.2 Å². The second-order valence-electron chi connectivity index (χ2n) is 7.17. The van der Waals surface area contributed by atoms with Crippen LogP contribution in [0.3, 0.4) is 0 Å². The van der Waals surface area contributed by atoms with Crippen LogP contribution in [0.15, 0.2) is 109 Å². The van der Waals surface area contributed by atoms with Crippen LogP contribution in [0.1, 0.15) is 10.4 Å². The summed E-state index contributed by atoms with van der Waals surface area (Å²) in [5, 5.41) is 3.80. The molecule has 5 nitrogen and oxygen atoms in total. The molecule has 154 valence electrons. The molecule has 5 heteroatoms. The fraction of sp³-hybridized carbons (Fsp3) is 0. The summed E-state index contributed by atoms with van der Waals surface area (Å²) in [7, 11) is 0. The maximum Gasteiger partial charge on any atom is 0.256 e. The first-order valence-electron chi connectivity index (χ1n) is 10.2. The summed E-state index contributed by atoms with van der Waals surface area (Å²) >= 11 is 0. The lowest BCUT2D eigenvalue weighted by molar-refractivity contribution is 0.102. The van der Waals surface area contributed by atoms with Gasteiger partial charge in [0, 0.05) is 23.3 Å². The molecule has 5 aromatic rings. The number of pyridine rings is 2. The van der Waals surface area contributed by atoms with Crippen LogP contribution < -0.4 is 10.1 Å². The molecule has 0 bridgehead atoms. The van der Waals surface area contributed by atoms with Gasteiger partial charge in [-0.2, -0.15) is 0 Å². The number of aromatic nitrogens is 2. The first kappa shape index (κ1) is 19.5. The lowest BCUT2D eigenvalue weighted by atomic mass is 10.0. The molecule has 3 aromatic carbocycles. The maximum atomic E-state index is 13.4. The summed E-state index contributed by atoms with van der Waals surface area (Å²) < 4.78 is 5.99. The van der Waals surface area contributed by atoms with Crippen molar-refractivity contribution in [2.24, 2.45) is 0 Å². The minimum atomic E-state index is -0.233. The Hall–Kier alpha value is -4.51. The Morgan fingerprint density at radius 2 is 1.50 bits per heavy atom. The number of rotatable bonds is 5. The first-order chi connectivity index (χ1) is 15.8. The number of anilines is 1. The smallest absolute Gasteiger partial charge is 0.256 e. The van der Waals surface area contributed by atoms with Gasteiger partial charge in [-0.15, -0.1) is 0 Å². The Kier molecular flexibility index (Phi) is 5.29. The molecule has 0 fully saturated rings. The summed E-state index contributed by atoms with van der Waals surface area (Å²) in [5.74, 6) is 1.03. The fourth-order valence-electron chi connectivity index (χ4n) is 3.50. The van der Waals surface area contributed by atoms with Crippen LogP contribution in [-0.2, 0) is 0 Å². The third-order valence-corrected chi connectivity index (χ3v) is 5.04. The third kappa shape index (κ3) is 4.04. The monoisotopic (exact) mass is 417 g/mol. The molecule has 1 N–H and O–H groups in total. The van der Waals surface area contributed by atoms with Crippen LogP contribution >= 0.6 is 0 Å². The average Bonchev–Trinajstić information content (AvgIpc) is 2.85. The van der Waals surface area contributed by atoms with Gasteiger partial charge >= 0.3 is 0 Å². The van der Waals surface area contributed by atoms with Crippen LogP contribution in [0.5, 0.6) is 11.5 Å². The van der Waals surface area contributed by atoms with Gasteiger partial charge in [-0.05, 0) is 48.5 Å². The summed E-state index contributed by atoms with van der Waals surface area (Å²) in [4.78, 5) is 22.2. The number of fused-ring (bicyclic) bond motifs is 1. The highest BCUT2D eigenvalue weighted by molar-refractivity contribution is 6.13. The Morgan fingerprint density at radius 1 is 0.781 bits per heavy atom. The number of nitrogens with zero attached hydrogens (tertiary/aromatic N) is 2. The summed E-state index contributed by atoms with van der Waals surface area (Å²) in [6.45, 7) is 0. The normalized spacial score (nSPS) is 10.6. The standard InChI is InChI=1S/C27H19N3O2/c31-27(30-24-12-6-7-13-26(24)32-20-8-2-1-3-9-20)22-18-25(19-14-16-28-17-15-19)29-23-11-5-4-10-21(22)23/h1-18H,(H,30,31). The molecule has 0 saturated heterocycles. The lowest BCUT2D eigenvalue weighted by Gasteiger charge is -2.14. The minimum Gasteiger partial charge on any atom is -0.455 e. The van der Waals surface area contributed by atoms with Crippen molar-refractivity contribution in [2.75, 3.05) is 5.32 Å². The van der Waals surface area contributed by atoms with Gasteiger partial charge in [-0.3, -0.25) is 9.78 Å². The maximum absolute atomic E-state index is 13.4. The topological polar surface area (TPSA) is 64.1 Å². The first-order valence-corrected chi connectivity index (χ1v) is 10.2. The molecule has 32 heavy (non-hydrogen) atoms. The molecule has 0 radical (unpaired) electrons. The Bertz CT molecular complexity index is 1390. The number of benzene rings is 3. The van der Waals surface area contributed by atoms with Crippen LogP contribution in [0, 0.1) is 0 Å². The van der Waals surface area contributed by atoms with Crippen molar-refractivity contribution in [1.82, 2.24) is 9.97 Å². The van der Waals surface area contributed by atoms with Gasteiger partial charge in [0.1, 0.15) is 5.75 Å². The number of para-hydroxylation sites is 4. The van der Waals surface area contributed by atoms with Crippen molar-refractivity contribution >= 4 is 22.5 Å². The second-order valence-corrected chi connectivity index (χ2v) is 7.17. The largest absolute Gasteiger partial charge is 0.455 e. The van der Waals surface area contributed by atoms with E-state index in [0.29, 0.717) is 28.4 Å². The van der Waals surface area contributed by atoms with Gasteiger partial charge in [0.25, 0.3) is 5.91 Å². The molecule has 0 saturated carbocycles. The summed E-state index contributed by atoms with van der Waals surface area (Å²) in [6.07, 6.45) is 3.42. The molecule has 1 amide bonds. The number of carbonyl (C=O) groups excluding carboxylic acids is 1. The van der Waals surface area contributed by atoms with Crippen molar-refractivity contribution in [3.63, 3.8) is 0 Å². The van der Waals surface area contributed by atoms with Crippen LogP contribution in [0.4, 0.5) is 5.69 Å². The fourth-order valence-corrected chi connectivity index (χ4v) is 3.50. The van der Waals surface area contributed by atoms with Gasteiger partial charge in [0.15, 0.2) is 5.75 Å². The van der Waals surface area contributed by atoms with Crippen LogP contribution in [0.2, 0.25) is 0 Å². The predicted molar refractivity (Wildman–Crippen MR) is 126 cm³/mol. The highest BCUT2D eigenvalue weighted by Crippen LogP contribution is 2.31. The van der Waals surface area contributed by atoms with E-state index in [1.807, 2.05) is 97.1 Å². The van der Waals surface area contributed by atoms with Crippen LogP contribution in [-0.4, -0.2) is 15.9 Å². The van der Waals surface area contributed by atoms with E-state index < -0.39 is 0 Å². The Morgan fingerprint density at radius 3 is 2.34 bits per heavy atom. The number of hydrogen-bond donors (Lipinski definition) is 1. The van der Waals surface area contributed by atoms with Crippen molar-refractivity contribution in [3.05, 3.63) is 115 Å². The molecular formula is C27H19N3O2. The highest BCUT2D eigenvalue weighted by Gasteiger charge is 2.16. The molecule has 0 unspecified atom stereocenters. The van der Waals surface area contributed by atoms with E-state index in [0.717, 1.165) is 16.5 Å². The quantitative estimate of drug-likeness (QED) is 0.362. The van der Waals surface area contributed by atoms with Gasteiger partial charge in [0.05, 0.1) is 22.5 Å². The average molecular weight is 417 g/mol. The molecule has 0 aliphatic heterocycles. The molecule has 0 atom stereocenters. The second kappa shape index (κ2) is 8.70. The third-order valence-electron chi connectivity index (χ3n) is 5.04. The highest BCUT2D eigenvalue weighted by atomic mass is 16.5. The van der Waals surface area contributed by atoms with E-state index >= 15 is 0 Å². The van der Waals surface area contributed by atoms with Crippen molar-refractivity contribution in [1.29, 1.82) is 0 Å². The van der Waals surface area contributed by atoms with Crippen molar-refractivity contribution in [2.45, 2.75) is 0 Å². The SMILES string of the molecule is O=C(Nc1ccccc1Oc1ccccc1)c1cc(-c2ccncc2)nc2ccccc12. The number of ether oxygens (including phenoxy) is 1. The lowest BCUT2D eigenvalue weighted by Crippen LogP contribution is -2.13. The summed E-state index contributed by atoms with van der Waals surface area (Å²) in [6, 6.07) is 30.1. The van der Waals surface area contributed by atoms with E-state index in [1.165, 1.54) is 0 Å². The van der Waals surface area contributed by atoms with Gasteiger partial charge in [-0.1, -0.05) is 48.5 Å². The zero-order chi connectivity index (χ0) is 21.8. The number of nitrogens with one attached hydrogen (secondary N) is 1. The molecule has 0 aliphatic rings. The summed E-state index contributed by atoms with van der Waals surface area (Å²) in [5.41, 5.74) is 3.49. The Labute approximate surface area is 185 Å². The molecule has 5 rings (SSSR count). The van der Waals surface area contributed by atoms with Crippen molar-refractivity contribution < 1.29 is 9.53 Å². The van der Waals surface area contributed by atoms with Crippen molar-refractivity contribution in [3.8, 4) is 22.8 Å². The number of amides is 1. The Balaban J connectivity index is 1.52. The molecular weight excluding hydrogens is 398 g/mol. The number of carbonyl (C=O) groups is 1. The molecule has 0 aliphatic carbocycles. The zero-order valence-electron chi connectivity index (χ0n) is 17.1. The van der Waals surface area contributed by atoms with E-state index in [1.54, 1.807) is 12.4 Å². The van der Waals surface area contributed by atoms with Gasteiger partial charge in [-0.25, -0.2) is 4.98 Å². The predicted octanol–water partition coefficient (Wildman–Crippen LogP) is 6.34. The van der Waals surface area contributed by atoms with Gasteiger partial charge < -0.3 is 10.1 Å². The van der Waals surface area contributed by atoms with E-state index in [2.05, 4.69) is 10.3 Å². The minimum absolute atomic E-state index is 0.233. The van der Waals surface area contributed by atoms with Gasteiger partial charge in [0.2, 0.25) is 0 Å². The van der Waals surface area contributed by atoms with E-state index in [-0.39, 0.29) is 5.91 Å². The molecule has 0 spiro atoms.